The Bertz CT molecular complexity index is 1130. The van der Waals surface area contributed by atoms with Gasteiger partial charge in [-0.15, -0.1) is 0 Å². The van der Waals surface area contributed by atoms with Gasteiger partial charge in [-0.2, -0.15) is 31.3 Å². The van der Waals surface area contributed by atoms with E-state index in [1.807, 2.05) is 0 Å². The van der Waals surface area contributed by atoms with Gasteiger partial charge in [0, 0.05) is 11.8 Å². The molecule has 0 fully saturated rings. The number of anilines is 1. The fraction of sp³-hybridized carbons (Fsp3) is 0.455. The molecule has 204 valence electrons. The maximum Gasteiger partial charge on any atom is 0.422 e. The second-order valence-corrected chi connectivity index (χ2v) is 8.45. The molecule has 2 rings (SSSR count). The Morgan fingerprint density at radius 3 is 2.16 bits per heavy atom. The van der Waals surface area contributed by atoms with Gasteiger partial charge in [0.1, 0.15) is 17.0 Å². The van der Waals surface area contributed by atoms with Crippen LogP contribution in [0.15, 0.2) is 24.3 Å². The van der Waals surface area contributed by atoms with Crippen molar-refractivity contribution in [1.29, 1.82) is 0 Å². The van der Waals surface area contributed by atoms with Crippen LogP contribution < -0.4 is 20.1 Å². The van der Waals surface area contributed by atoms with Crippen LogP contribution in [0.2, 0.25) is 0 Å². The lowest BCUT2D eigenvalue weighted by atomic mass is 10.1. The Kier molecular flexibility index (Phi) is 8.95. The van der Waals surface area contributed by atoms with Gasteiger partial charge in [0.2, 0.25) is 11.8 Å². The number of rotatable bonds is 9. The quantitative estimate of drug-likeness (QED) is 0.415. The summed E-state index contributed by atoms with van der Waals surface area (Å²) in [6.07, 6.45) is -9.54. The van der Waals surface area contributed by atoms with E-state index in [0.29, 0.717) is 11.3 Å². The fourth-order valence-electron chi connectivity index (χ4n) is 2.73. The van der Waals surface area contributed by atoms with Crippen molar-refractivity contribution in [2.45, 2.75) is 51.7 Å². The second kappa shape index (κ2) is 11.2. The van der Waals surface area contributed by atoms with Crippen molar-refractivity contribution in [2.24, 2.45) is 0 Å². The number of aliphatic hydroxyl groups is 1. The van der Waals surface area contributed by atoms with Crippen LogP contribution >= 0.6 is 0 Å². The molecule has 9 nitrogen and oxygen atoms in total. The molecule has 2 amide bonds. The minimum Gasteiger partial charge on any atom is -0.468 e. The first-order valence-corrected chi connectivity index (χ1v) is 10.6. The number of aromatic nitrogens is 2. The van der Waals surface area contributed by atoms with Gasteiger partial charge in [0.05, 0.1) is 6.04 Å². The van der Waals surface area contributed by atoms with Crippen LogP contribution in [0.5, 0.6) is 11.8 Å². The summed E-state index contributed by atoms with van der Waals surface area (Å²) in [5.74, 6) is -3.19. The van der Waals surface area contributed by atoms with Crippen molar-refractivity contribution < 1.29 is 50.5 Å². The zero-order valence-corrected chi connectivity index (χ0v) is 20.0. The monoisotopic (exact) mass is 538 g/mol. The van der Waals surface area contributed by atoms with Gasteiger partial charge in [-0.3, -0.25) is 9.59 Å². The van der Waals surface area contributed by atoms with Crippen LogP contribution in [0.3, 0.4) is 0 Å². The minimum absolute atomic E-state index is 0.0743. The first kappa shape index (κ1) is 29.6. The highest BCUT2D eigenvalue weighted by atomic mass is 19.4. The predicted molar refractivity (Wildman–Crippen MR) is 117 cm³/mol. The van der Waals surface area contributed by atoms with Crippen molar-refractivity contribution in [3.63, 3.8) is 0 Å². The van der Waals surface area contributed by atoms with Crippen LogP contribution in [0, 0.1) is 6.92 Å². The number of amides is 2. The lowest BCUT2D eigenvalue weighted by Crippen LogP contribution is -2.37. The molecule has 0 radical (unpaired) electrons. The van der Waals surface area contributed by atoms with Crippen LogP contribution in [0.25, 0.3) is 0 Å². The molecule has 0 aliphatic heterocycles. The number of halogens is 6. The first-order chi connectivity index (χ1) is 16.8. The maximum atomic E-state index is 12.8. The van der Waals surface area contributed by atoms with E-state index < -0.39 is 66.3 Å². The molecule has 0 saturated heterocycles. The molecular formula is C22H24F6N4O5. The zero-order valence-electron chi connectivity index (χ0n) is 20.0. The summed E-state index contributed by atoms with van der Waals surface area (Å²) in [6, 6.07) is 3.99. The molecule has 0 aromatic carbocycles. The number of hydrogen-bond acceptors (Lipinski definition) is 7. The maximum absolute atomic E-state index is 12.8. The third-order valence-electron chi connectivity index (χ3n) is 4.46. The Labute approximate surface area is 207 Å². The molecule has 2 heterocycles. The lowest BCUT2D eigenvalue weighted by molar-refractivity contribution is -0.155. The summed E-state index contributed by atoms with van der Waals surface area (Å²) in [5, 5.41) is 14.7. The molecule has 0 spiro atoms. The van der Waals surface area contributed by atoms with E-state index in [1.165, 1.54) is 26.8 Å². The molecule has 0 aliphatic carbocycles. The third kappa shape index (κ3) is 9.74. The number of nitrogens with one attached hydrogen (secondary N) is 2. The Morgan fingerprint density at radius 2 is 1.59 bits per heavy atom. The molecular weight excluding hydrogens is 514 g/mol. The second-order valence-electron chi connectivity index (χ2n) is 8.45. The third-order valence-corrected chi connectivity index (χ3v) is 4.46. The van der Waals surface area contributed by atoms with Gasteiger partial charge >= 0.3 is 12.4 Å². The van der Waals surface area contributed by atoms with E-state index in [0.717, 1.165) is 12.1 Å². The smallest absolute Gasteiger partial charge is 0.422 e. The van der Waals surface area contributed by atoms with Crippen molar-refractivity contribution in [3.8, 4) is 11.8 Å². The van der Waals surface area contributed by atoms with Crippen molar-refractivity contribution >= 4 is 17.6 Å². The van der Waals surface area contributed by atoms with E-state index in [4.69, 9.17) is 0 Å². The fourth-order valence-corrected chi connectivity index (χ4v) is 2.73. The van der Waals surface area contributed by atoms with Gasteiger partial charge in [0.15, 0.2) is 13.2 Å². The van der Waals surface area contributed by atoms with Gasteiger partial charge in [0.25, 0.3) is 11.8 Å². The first-order valence-electron chi connectivity index (χ1n) is 10.6. The molecule has 1 atom stereocenters. The Balaban J connectivity index is 2.27. The van der Waals surface area contributed by atoms with Crippen molar-refractivity contribution in [1.82, 2.24) is 15.3 Å². The molecule has 0 saturated carbocycles. The molecule has 0 aliphatic rings. The van der Waals surface area contributed by atoms with Crippen LogP contribution in [0.4, 0.5) is 32.2 Å². The molecule has 1 unspecified atom stereocenters. The molecule has 2 aromatic heterocycles. The number of carbonyl (C=O) groups excluding carboxylic acids is 2. The normalized spacial score (nSPS) is 13.1. The molecule has 3 N–H and O–H groups in total. The SMILES string of the molecule is Cc1cc(C(C)NC(=O)c2ccc(OCC(F)(F)F)nc2OCC(F)(F)F)cc(NC(=O)C(C)(C)O)n1. The Morgan fingerprint density at radius 1 is 1.00 bits per heavy atom. The molecule has 0 bridgehead atoms. The number of carbonyl (C=O) groups is 2. The average Bonchev–Trinajstić information content (AvgIpc) is 2.74. The van der Waals surface area contributed by atoms with E-state index in [9.17, 15) is 41.0 Å². The van der Waals surface area contributed by atoms with Crippen molar-refractivity contribution in [3.05, 3.63) is 41.1 Å². The van der Waals surface area contributed by atoms with E-state index in [2.05, 4.69) is 30.1 Å². The summed E-state index contributed by atoms with van der Waals surface area (Å²) in [7, 11) is 0. The van der Waals surface area contributed by atoms with E-state index >= 15 is 0 Å². The minimum atomic E-state index is -4.82. The lowest BCUT2D eigenvalue weighted by Gasteiger charge is -2.19. The number of hydrogen-bond donors (Lipinski definition) is 3. The highest BCUT2D eigenvalue weighted by Gasteiger charge is 2.31. The average molecular weight is 538 g/mol. The highest BCUT2D eigenvalue weighted by molar-refractivity contribution is 5.97. The predicted octanol–water partition coefficient (Wildman–Crippen LogP) is 3.87. The topological polar surface area (TPSA) is 123 Å². The Hall–Kier alpha value is -3.62. The van der Waals surface area contributed by atoms with Gasteiger partial charge in [-0.25, -0.2) is 4.98 Å². The summed E-state index contributed by atoms with van der Waals surface area (Å²) < 4.78 is 84.2. The van der Waals surface area contributed by atoms with Gasteiger partial charge in [-0.05, 0) is 51.5 Å². The number of aryl methyl sites for hydroxylation is 1. The van der Waals surface area contributed by atoms with Gasteiger partial charge in [-0.1, -0.05) is 0 Å². The summed E-state index contributed by atoms with van der Waals surface area (Å²) in [4.78, 5) is 32.5. The van der Waals surface area contributed by atoms with Crippen LogP contribution in [-0.4, -0.2) is 58.1 Å². The van der Waals surface area contributed by atoms with Crippen LogP contribution in [0.1, 0.15) is 48.4 Å². The largest absolute Gasteiger partial charge is 0.468 e. The summed E-state index contributed by atoms with van der Waals surface area (Å²) in [6.45, 7) is 2.06. The number of ether oxygens (including phenoxy) is 2. The molecule has 2 aromatic rings. The standard InChI is InChI=1S/C22H24F6N4O5/c1-11-7-13(8-15(29-11)31-19(34)20(3,4)35)12(2)30-17(33)14-5-6-16(36-9-21(23,24)25)32-18(14)37-10-22(26,27)28/h5-8,12,35H,9-10H2,1-4H3,(H,30,33)(H,29,31,34). The number of pyridine rings is 2. The molecule has 15 heteroatoms. The van der Waals surface area contributed by atoms with Crippen LogP contribution in [-0.2, 0) is 4.79 Å². The van der Waals surface area contributed by atoms with E-state index in [-0.39, 0.29) is 5.82 Å². The number of nitrogens with zero attached hydrogens (tertiary/aromatic N) is 2. The summed E-state index contributed by atoms with van der Waals surface area (Å²) in [5.41, 5.74) is -1.31. The highest BCUT2D eigenvalue weighted by Crippen LogP contribution is 2.26. The summed E-state index contributed by atoms with van der Waals surface area (Å²) >= 11 is 0. The number of alkyl halides is 6. The van der Waals surface area contributed by atoms with Gasteiger partial charge < -0.3 is 25.2 Å². The van der Waals surface area contributed by atoms with E-state index in [1.54, 1.807) is 13.0 Å². The van der Waals surface area contributed by atoms with Crippen molar-refractivity contribution in [2.75, 3.05) is 18.5 Å². The molecule has 37 heavy (non-hydrogen) atoms. The zero-order chi connectivity index (χ0) is 28.2.